The van der Waals surface area contributed by atoms with E-state index in [1.165, 1.54) is 29.1 Å². The number of pyridine rings is 1. The lowest BCUT2D eigenvalue weighted by Crippen LogP contribution is -2.22. The van der Waals surface area contributed by atoms with E-state index in [9.17, 15) is 22.8 Å². The third-order valence-electron chi connectivity index (χ3n) is 4.84. The maximum Gasteiger partial charge on any atom is 0.419 e. The molecule has 0 unspecified atom stereocenters. The van der Waals surface area contributed by atoms with Crippen LogP contribution in [0.5, 0.6) is 0 Å². The van der Waals surface area contributed by atoms with E-state index in [0.29, 0.717) is 11.4 Å². The Morgan fingerprint density at radius 3 is 2.69 bits per heavy atom. The van der Waals surface area contributed by atoms with E-state index in [1.54, 1.807) is 6.07 Å². The molecule has 0 aromatic carbocycles. The molecule has 0 radical (unpaired) electrons. The summed E-state index contributed by atoms with van der Waals surface area (Å²) in [6.45, 7) is 0. The highest BCUT2D eigenvalue weighted by atomic mass is 19.4. The fourth-order valence-electron chi connectivity index (χ4n) is 3.19. The second-order valence-electron chi connectivity index (χ2n) is 7.29. The van der Waals surface area contributed by atoms with Gasteiger partial charge in [-0.15, -0.1) is 0 Å². The molecule has 3 amide bonds. The van der Waals surface area contributed by atoms with Gasteiger partial charge in [0.25, 0.3) is 5.91 Å². The summed E-state index contributed by atoms with van der Waals surface area (Å²) in [7, 11) is 0. The molecule has 2 aliphatic rings. The van der Waals surface area contributed by atoms with Crippen molar-refractivity contribution in [3.05, 3.63) is 47.5 Å². The maximum atomic E-state index is 13.4. The molecule has 4 heterocycles. The van der Waals surface area contributed by atoms with Gasteiger partial charge in [-0.1, -0.05) is 0 Å². The highest BCUT2D eigenvalue weighted by Gasteiger charge is 2.34. The third-order valence-corrected chi connectivity index (χ3v) is 4.84. The Balaban J connectivity index is 1.59. The van der Waals surface area contributed by atoms with Gasteiger partial charge in [-0.25, -0.2) is 9.78 Å². The molecule has 0 atom stereocenters. The summed E-state index contributed by atoms with van der Waals surface area (Å²) in [5.74, 6) is 0.0520. The van der Waals surface area contributed by atoms with E-state index < -0.39 is 23.7 Å². The number of hydrogen-bond donors (Lipinski definition) is 4. The van der Waals surface area contributed by atoms with E-state index in [-0.39, 0.29) is 28.9 Å². The van der Waals surface area contributed by atoms with Gasteiger partial charge in [0.05, 0.1) is 17.4 Å². The first kappa shape index (κ1) is 19.8. The predicted molar refractivity (Wildman–Crippen MR) is 107 cm³/mol. The quantitative estimate of drug-likeness (QED) is 0.352. The molecule has 13 heteroatoms. The minimum Gasteiger partial charge on any atom is -0.367 e. The van der Waals surface area contributed by atoms with E-state index in [2.05, 4.69) is 36.3 Å². The van der Waals surface area contributed by atoms with E-state index in [0.717, 1.165) is 19.0 Å². The average Bonchev–Trinajstić information content (AvgIpc) is 3.36. The fraction of sp³-hybridized carbons (Fsp3) is 0.211. The lowest BCUT2D eigenvalue weighted by atomic mass is 10.2. The van der Waals surface area contributed by atoms with Gasteiger partial charge in [-0.3, -0.25) is 15.1 Å². The summed E-state index contributed by atoms with van der Waals surface area (Å²) >= 11 is 0. The van der Waals surface area contributed by atoms with Gasteiger partial charge in [-0.05, 0) is 25.0 Å². The van der Waals surface area contributed by atoms with Gasteiger partial charge in [0.15, 0.2) is 5.65 Å². The van der Waals surface area contributed by atoms with Crippen LogP contribution in [0.1, 0.15) is 24.0 Å². The molecule has 1 saturated carbocycles. The van der Waals surface area contributed by atoms with Crippen LogP contribution in [-0.2, 0) is 11.0 Å². The minimum absolute atomic E-state index is 0.00950. The van der Waals surface area contributed by atoms with Crippen LogP contribution in [0.25, 0.3) is 11.7 Å². The summed E-state index contributed by atoms with van der Waals surface area (Å²) in [5.41, 5.74) is -0.453. The van der Waals surface area contributed by atoms with Crippen LogP contribution >= 0.6 is 0 Å². The lowest BCUT2D eigenvalue weighted by Gasteiger charge is -2.15. The van der Waals surface area contributed by atoms with Gasteiger partial charge in [0.2, 0.25) is 0 Å². The molecule has 10 nitrogen and oxygen atoms in total. The molecule has 3 aromatic heterocycles. The number of nitrogens with one attached hydrogen (secondary N) is 4. The molecule has 4 N–H and O–H groups in total. The molecule has 2 fully saturated rings. The predicted octanol–water partition coefficient (Wildman–Crippen LogP) is 2.64. The summed E-state index contributed by atoms with van der Waals surface area (Å²) < 4.78 is 41.6. The SMILES string of the molecule is O=C1NC(=O)/C(=C/c2cnn3c(NC4CC4)cc(Nc4ccncc4C(F)(F)F)nc23)N1. The maximum absolute atomic E-state index is 13.4. The Morgan fingerprint density at radius 1 is 1.19 bits per heavy atom. The lowest BCUT2D eigenvalue weighted by molar-refractivity contribution is -0.137. The van der Waals surface area contributed by atoms with Crippen molar-refractivity contribution in [1.29, 1.82) is 0 Å². The molecular weight excluding hydrogens is 429 g/mol. The molecule has 0 bridgehead atoms. The number of rotatable bonds is 5. The minimum atomic E-state index is -4.60. The Morgan fingerprint density at radius 2 is 2.00 bits per heavy atom. The van der Waals surface area contributed by atoms with Crippen molar-refractivity contribution in [3.8, 4) is 0 Å². The van der Waals surface area contributed by atoms with Crippen molar-refractivity contribution in [2.24, 2.45) is 0 Å². The topological polar surface area (TPSA) is 125 Å². The van der Waals surface area contributed by atoms with Crippen LogP contribution in [0.2, 0.25) is 0 Å². The highest BCUT2D eigenvalue weighted by molar-refractivity contribution is 6.14. The average molecular weight is 444 g/mol. The Kier molecular flexibility index (Phi) is 4.46. The Bertz CT molecular complexity index is 1280. The number of urea groups is 1. The molecule has 1 saturated heterocycles. The van der Waals surface area contributed by atoms with Crippen molar-refractivity contribution < 1.29 is 22.8 Å². The number of aromatic nitrogens is 4. The second-order valence-corrected chi connectivity index (χ2v) is 7.29. The highest BCUT2D eigenvalue weighted by Crippen LogP contribution is 2.36. The van der Waals surface area contributed by atoms with Crippen molar-refractivity contribution in [2.45, 2.75) is 25.1 Å². The van der Waals surface area contributed by atoms with E-state index in [4.69, 9.17) is 0 Å². The van der Waals surface area contributed by atoms with E-state index in [1.807, 2.05) is 0 Å². The van der Waals surface area contributed by atoms with Crippen LogP contribution in [0, 0.1) is 0 Å². The normalized spacial score (nSPS) is 17.5. The van der Waals surface area contributed by atoms with Crippen LogP contribution in [0.3, 0.4) is 0 Å². The molecular formula is C19H15F3N8O2. The summed E-state index contributed by atoms with van der Waals surface area (Å²) in [5, 5.41) is 14.7. The number of anilines is 3. The number of fused-ring (bicyclic) bond motifs is 1. The first-order valence-electron chi connectivity index (χ1n) is 9.55. The molecule has 1 aliphatic heterocycles. The summed E-state index contributed by atoms with van der Waals surface area (Å²) in [6.07, 6.45) is 2.14. The standard InChI is InChI=1S/C19H15F3N8O2/c20-19(21,22)11-8-23-4-3-12(11)26-14-6-15(25-10-1-2-10)30-16(28-14)9(7-24-30)5-13-17(31)29-18(32)27-13/h3-8,10,25H,1-2H2,(H,23,26,28)(H2,27,29,31,32)/b13-5-. The smallest absolute Gasteiger partial charge is 0.367 e. The zero-order valence-electron chi connectivity index (χ0n) is 16.2. The zero-order chi connectivity index (χ0) is 22.5. The van der Waals surface area contributed by atoms with Gasteiger partial charge < -0.3 is 16.0 Å². The van der Waals surface area contributed by atoms with Crippen LogP contribution in [0.4, 0.5) is 35.3 Å². The second kappa shape index (κ2) is 7.21. The molecule has 0 spiro atoms. The molecule has 1 aliphatic carbocycles. The van der Waals surface area contributed by atoms with Crippen molar-refractivity contribution in [1.82, 2.24) is 30.2 Å². The third kappa shape index (κ3) is 3.79. The van der Waals surface area contributed by atoms with Gasteiger partial charge in [0, 0.05) is 30.1 Å². The number of nitrogens with zero attached hydrogens (tertiary/aromatic N) is 4. The number of imide groups is 1. The number of halogens is 3. The van der Waals surface area contributed by atoms with Crippen molar-refractivity contribution in [2.75, 3.05) is 10.6 Å². The zero-order valence-corrected chi connectivity index (χ0v) is 16.2. The summed E-state index contributed by atoms with van der Waals surface area (Å²) in [6, 6.07) is 2.34. The van der Waals surface area contributed by atoms with Crippen molar-refractivity contribution in [3.63, 3.8) is 0 Å². The molecule has 32 heavy (non-hydrogen) atoms. The van der Waals surface area contributed by atoms with Crippen molar-refractivity contribution >= 4 is 41.0 Å². The Labute approximate surface area is 177 Å². The van der Waals surface area contributed by atoms with Crippen LogP contribution < -0.4 is 21.3 Å². The first-order chi connectivity index (χ1) is 15.3. The number of carbonyl (C=O) groups is 2. The fourth-order valence-corrected chi connectivity index (χ4v) is 3.19. The number of alkyl halides is 3. The largest absolute Gasteiger partial charge is 0.419 e. The van der Waals surface area contributed by atoms with Crippen LogP contribution in [0.15, 0.2) is 36.4 Å². The van der Waals surface area contributed by atoms with Gasteiger partial charge in [0.1, 0.15) is 17.3 Å². The number of hydrogen-bond acceptors (Lipinski definition) is 7. The van der Waals surface area contributed by atoms with Gasteiger partial charge in [-0.2, -0.15) is 22.8 Å². The number of carbonyl (C=O) groups excluding carboxylic acids is 2. The molecule has 5 rings (SSSR count). The first-order valence-corrected chi connectivity index (χ1v) is 9.55. The van der Waals surface area contributed by atoms with E-state index >= 15 is 0 Å². The monoisotopic (exact) mass is 444 g/mol. The molecule has 164 valence electrons. The van der Waals surface area contributed by atoms with Gasteiger partial charge >= 0.3 is 12.2 Å². The molecule has 3 aromatic rings. The Hall–Kier alpha value is -4.16. The van der Waals surface area contributed by atoms with Crippen LogP contribution in [-0.4, -0.2) is 37.6 Å². The number of amides is 3. The summed E-state index contributed by atoms with van der Waals surface area (Å²) in [4.78, 5) is 31.2.